The highest BCUT2D eigenvalue weighted by atomic mass is 127. The number of hydrogen-bond donors (Lipinski definition) is 2. The summed E-state index contributed by atoms with van der Waals surface area (Å²) in [4.78, 5) is 18.0. The highest BCUT2D eigenvalue weighted by Crippen LogP contribution is 2.19. The largest absolute Gasteiger partial charge is 0.444 e. The van der Waals surface area contributed by atoms with Crippen molar-refractivity contribution in [1.29, 1.82) is 0 Å². The van der Waals surface area contributed by atoms with Gasteiger partial charge in [0.25, 0.3) is 0 Å². The van der Waals surface area contributed by atoms with Gasteiger partial charge in [0.1, 0.15) is 5.60 Å². The van der Waals surface area contributed by atoms with Gasteiger partial charge >= 0.3 is 6.09 Å². The fraction of sp³-hybridized carbons (Fsp3) is 0.875. The number of piperidine rings is 1. The maximum absolute atomic E-state index is 12.0. The summed E-state index contributed by atoms with van der Waals surface area (Å²) in [6.07, 6.45) is 1.78. The number of guanidine groups is 1. The van der Waals surface area contributed by atoms with Gasteiger partial charge in [-0.2, -0.15) is 0 Å². The second-order valence-electron chi connectivity index (χ2n) is 7.16. The molecular weight excluding hydrogens is 407 g/mol. The van der Waals surface area contributed by atoms with Crippen LogP contribution in [-0.4, -0.2) is 55.3 Å². The molecule has 0 atom stereocenters. The zero-order chi connectivity index (χ0) is 16.8. The van der Waals surface area contributed by atoms with Crippen LogP contribution >= 0.6 is 24.0 Å². The molecule has 7 heteroatoms. The molecule has 1 fully saturated rings. The summed E-state index contributed by atoms with van der Waals surface area (Å²) in [5, 5.41) is 6.63. The highest BCUT2D eigenvalue weighted by Gasteiger charge is 2.26. The van der Waals surface area contributed by atoms with Crippen molar-refractivity contribution in [1.82, 2.24) is 15.5 Å². The summed E-state index contributed by atoms with van der Waals surface area (Å²) in [5.41, 5.74) is -0.426. The number of nitrogens with one attached hydrogen (secondary N) is 2. The second kappa shape index (κ2) is 10.2. The predicted octanol–water partition coefficient (Wildman–Crippen LogP) is 2.82. The van der Waals surface area contributed by atoms with Crippen LogP contribution in [0.1, 0.15) is 47.5 Å². The summed E-state index contributed by atoms with van der Waals surface area (Å²) in [5.74, 6) is 1.40. The van der Waals surface area contributed by atoms with E-state index in [4.69, 9.17) is 4.74 Å². The molecule has 0 aliphatic carbocycles. The van der Waals surface area contributed by atoms with Gasteiger partial charge < -0.3 is 20.3 Å². The molecule has 0 aromatic heterocycles. The van der Waals surface area contributed by atoms with Crippen molar-refractivity contribution in [3.63, 3.8) is 0 Å². The van der Waals surface area contributed by atoms with Crippen molar-refractivity contribution in [2.24, 2.45) is 10.9 Å². The Morgan fingerprint density at radius 1 is 1.30 bits per heavy atom. The smallest absolute Gasteiger partial charge is 0.410 e. The third-order valence-corrected chi connectivity index (χ3v) is 3.47. The number of aliphatic imine (C=N–C) groups is 1. The molecule has 2 N–H and O–H groups in total. The molecule has 0 radical (unpaired) electrons. The Bertz CT molecular complexity index is 386. The van der Waals surface area contributed by atoms with E-state index in [1.54, 1.807) is 7.05 Å². The van der Waals surface area contributed by atoms with Crippen LogP contribution in [0.25, 0.3) is 0 Å². The van der Waals surface area contributed by atoms with Gasteiger partial charge in [-0.25, -0.2) is 4.79 Å². The average Bonchev–Trinajstić information content (AvgIpc) is 2.41. The molecule has 1 heterocycles. The van der Waals surface area contributed by atoms with E-state index < -0.39 is 5.60 Å². The van der Waals surface area contributed by atoms with Crippen LogP contribution in [0.2, 0.25) is 0 Å². The number of rotatable bonds is 3. The van der Waals surface area contributed by atoms with Crippen molar-refractivity contribution >= 4 is 36.0 Å². The lowest BCUT2D eigenvalue weighted by Crippen LogP contribution is -2.46. The van der Waals surface area contributed by atoms with Crippen LogP contribution in [0.3, 0.4) is 0 Å². The minimum atomic E-state index is -0.426. The Balaban J connectivity index is 0.00000484. The van der Waals surface area contributed by atoms with Gasteiger partial charge in [-0.15, -0.1) is 24.0 Å². The summed E-state index contributed by atoms with van der Waals surface area (Å²) in [7, 11) is 1.78. The lowest BCUT2D eigenvalue weighted by Gasteiger charge is -2.33. The van der Waals surface area contributed by atoms with Crippen LogP contribution in [0.15, 0.2) is 4.99 Å². The molecule has 0 unspecified atom stereocenters. The van der Waals surface area contributed by atoms with Crippen LogP contribution in [0, 0.1) is 5.92 Å². The molecule has 6 nitrogen and oxygen atoms in total. The predicted molar refractivity (Wildman–Crippen MR) is 106 cm³/mol. The van der Waals surface area contributed by atoms with Crippen molar-refractivity contribution in [3.05, 3.63) is 0 Å². The maximum atomic E-state index is 12.0. The number of ether oxygens (including phenoxy) is 1. The molecule has 1 saturated heterocycles. The number of halogens is 1. The van der Waals surface area contributed by atoms with E-state index in [1.807, 2.05) is 25.7 Å². The Morgan fingerprint density at radius 2 is 1.87 bits per heavy atom. The van der Waals surface area contributed by atoms with Crippen LogP contribution in [0.4, 0.5) is 4.79 Å². The average molecular weight is 440 g/mol. The van der Waals surface area contributed by atoms with Crippen molar-refractivity contribution < 1.29 is 9.53 Å². The van der Waals surface area contributed by atoms with E-state index in [0.29, 0.717) is 12.0 Å². The van der Waals surface area contributed by atoms with Gasteiger partial charge in [0.15, 0.2) is 5.96 Å². The molecule has 0 bridgehead atoms. The molecule has 0 saturated carbocycles. The Hall–Kier alpha value is -0.730. The number of hydrogen-bond acceptors (Lipinski definition) is 3. The Morgan fingerprint density at radius 3 is 2.30 bits per heavy atom. The van der Waals surface area contributed by atoms with Crippen molar-refractivity contribution in [3.8, 4) is 0 Å². The molecule has 1 aliphatic rings. The molecule has 0 spiro atoms. The van der Waals surface area contributed by atoms with E-state index in [9.17, 15) is 4.79 Å². The standard InChI is InChI=1S/C16H32N4O2.HI/c1-12(2)19-14(17-6)18-11-13-7-9-20(10-8-13)15(21)22-16(3,4)5;/h12-13H,7-11H2,1-6H3,(H2,17,18,19);1H. The van der Waals surface area contributed by atoms with Gasteiger partial charge in [-0.1, -0.05) is 0 Å². The van der Waals surface area contributed by atoms with E-state index in [1.165, 1.54) is 0 Å². The summed E-state index contributed by atoms with van der Waals surface area (Å²) in [6.45, 7) is 12.3. The molecule has 23 heavy (non-hydrogen) atoms. The lowest BCUT2D eigenvalue weighted by molar-refractivity contribution is 0.0185. The number of carbonyl (C=O) groups is 1. The normalized spacial score (nSPS) is 16.8. The SMILES string of the molecule is CN=C(NCC1CCN(C(=O)OC(C)(C)C)CC1)NC(C)C.I. The number of carbonyl (C=O) groups excluding carboxylic acids is 1. The van der Waals surface area contributed by atoms with E-state index in [-0.39, 0.29) is 30.1 Å². The molecular formula is C16H33IN4O2. The lowest BCUT2D eigenvalue weighted by atomic mass is 9.97. The fourth-order valence-corrected chi connectivity index (χ4v) is 2.36. The van der Waals surface area contributed by atoms with Gasteiger partial charge in [0, 0.05) is 32.7 Å². The third kappa shape index (κ3) is 9.22. The molecule has 136 valence electrons. The first-order valence-electron chi connectivity index (χ1n) is 8.16. The summed E-state index contributed by atoms with van der Waals surface area (Å²) < 4.78 is 5.41. The molecule has 1 amide bonds. The summed E-state index contributed by atoms with van der Waals surface area (Å²) >= 11 is 0. The van der Waals surface area contributed by atoms with Gasteiger partial charge in [-0.3, -0.25) is 4.99 Å². The van der Waals surface area contributed by atoms with Crippen LogP contribution < -0.4 is 10.6 Å². The van der Waals surface area contributed by atoms with E-state index in [2.05, 4.69) is 29.5 Å². The minimum absolute atomic E-state index is 0. The zero-order valence-corrected chi connectivity index (χ0v) is 17.6. The number of likely N-dealkylation sites (tertiary alicyclic amines) is 1. The first kappa shape index (κ1) is 22.3. The number of amides is 1. The quantitative estimate of drug-likeness (QED) is 0.403. The Labute approximate surface area is 157 Å². The Kier molecular flexibility index (Phi) is 9.88. The van der Waals surface area contributed by atoms with Crippen LogP contribution in [-0.2, 0) is 4.74 Å². The number of nitrogens with zero attached hydrogens (tertiary/aromatic N) is 2. The van der Waals surface area contributed by atoms with Gasteiger partial charge in [-0.05, 0) is 53.4 Å². The maximum Gasteiger partial charge on any atom is 0.410 e. The minimum Gasteiger partial charge on any atom is -0.444 e. The van der Waals surface area contributed by atoms with Crippen LogP contribution in [0.5, 0.6) is 0 Å². The first-order valence-corrected chi connectivity index (χ1v) is 8.16. The second-order valence-corrected chi connectivity index (χ2v) is 7.16. The van der Waals surface area contributed by atoms with E-state index >= 15 is 0 Å². The molecule has 1 aliphatic heterocycles. The van der Waals surface area contributed by atoms with Crippen molar-refractivity contribution in [2.75, 3.05) is 26.7 Å². The third-order valence-electron chi connectivity index (χ3n) is 3.47. The highest BCUT2D eigenvalue weighted by molar-refractivity contribution is 14.0. The zero-order valence-electron chi connectivity index (χ0n) is 15.3. The molecule has 0 aromatic rings. The molecule has 1 rings (SSSR count). The van der Waals surface area contributed by atoms with E-state index in [0.717, 1.165) is 38.4 Å². The fourth-order valence-electron chi connectivity index (χ4n) is 2.36. The summed E-state index contributed by atoms with van der Waals surface area (Å²) in [6, 6.07) is 0.361. The van der Waals surface area contributed by atoms with Gasteiger partial charge in [0.05, 0.1) is 0 Å². The van der Waals surface area contributed by atoms with Crippen molar-refractivity contribution in [2.45, 2.75) is 59.1 Å². The monoisotopic (exact) mass is 440 g/mol. The van der Waals surface area contributed by atoms with Gasteiger partial charge in [0.2, 0.25) is 0 Å². The molecule has 0 aromatic carbocycles. The topological polar surface area (TPSA) is 66.0 Å². The first-order chi connectivity index (χ1) is 10.2.